The summed E-state index contributed by atoms with van der Waals surface area (Å²) in [6, 6.07) is 18.0. The third kappa shape index (κ3) is 3.39. The molecule has 0 bridgehead atoms. The van der Waals surface area contributed by atoms with Crippen LogP contribution in [0.4, 0.5) is 0 Å². The van der Waals surface area contributed by atoms with Crippen molar-refractivity contribution in [2.24, 2.45) is 0 Å². The van der Waals surface area contributed by atoms with E-state index >= 15 is 0 Å². The molecule has 1 aliphatic rings. The Morgan fingerprint density at radius 1 is 1.08 bits per heavy atom. The molecule has 0 spiro atoms. The zero-order valence-corrected chi connectivity index (χ0v) is 13.6. The van der Waals surface area contributed by atoms with Gasteiger partial charge in [-0.3, -0.25) is 4.79 Å². The average Bonchev–Trinajstić information content (AvgIpc) is 3.30. The molecule has 0 aliphatic heterocycles. The Morgan fingerprint density at radius 3 is 2.25 bits per heavy atom. The Balaban J connectivity index is 1.80. The van der Waals surface area contributed by atoms with Gasteiger partial charge in [-0.05, 0) is 23.6 Å². The zero-order valence-electron chi connectivity index (χ0n) is 12.8. The van der Waals surface area contributed by atoms with Crippen LogP contribution in [0.15, 0.2) is 66.1 Å². The highest BCUT2D eigenvalue weighted by Gasteiger charge is 2.63. The Kier molecular flexibility index (Phi) is 4.26. The number of aliphatic carboxylic acids is 1. The van der Waals surface area contributed by atoms with E-state index in [0.29, 0.717) is 0 Å². The number of sulfonamides is 1. The van der Waals surface area contributed by atoms with Crippen LogP contribution in [0.3, 0.4) is 0 Å². The predicted molar refractivity (Wildman–Crippen MR) is 91.7 cm³/mol. The van der Waals surface area contributed by atoms with Gasteiger partial charge in [0.1, 0.15) is 5.54 Å². The predicted octanol–water partition coefficient (Wildman–Crippen LogP) is 2.59. The standard InChI is InChI=1S/C18H17NO4S/c20-17(21)18(13-16(18)15-9-5-2-6-10-15)19-24(22,23)12-11-14-7-3-1-4-8-14/h1-12,16,19H,13H2,(H,20,21)/b12-11+/t16-,18-/m0/s1. The van der Waals surface area contributed by atoms with Crippen LogP contribution >= 0.6 is 0 Å². The lowest BCUT2D eigenvalue weighted by atomic mass is 10.1. The van der Waals surface area contributed by atoms with Crippen LogP contribution in [-0.4, -0.2) is 25.0 Å². The first kappa shape index (κ1) is 16.4. The maximum absolute atomic E-state index is 12.3. The zero-order chi connectivity index (χ0) is 17.2. The van der Waals surface area contributed by atoms with Gasteiger partial charge in [0.25, 0.3) is 0 Å². The molecule has 0 unspecified atom stereocenters. The molecular formula is C18H17NO4S. The third-order valence-electron chi connectivity index (χ3n) is 4.11. The van der Waals surface area contributed by atoms with E-state index in [1.807, 2.05) is 36.4 Å². The smallest absolute Gasteiger partial charge is 0.325 e. The molecule has 0 amide bonds. The van der Waals surface area contributed by atoms with Crippen molar-refractivity contribution in [3.63, 3.8) is 0 Å². The van der Waals surface area contributed by atoms with Crippen molar-refractivity contribution < 1.29 is 18.3 Å². The lowest BCUT2D eigenvalue weighted by Gasteiger charge is -2.13. The highest BCUT2D eigenvalue weighted by Crippen LogP contribution is 2.52. The largest absolute Gasteiger partial charge is 0.480 e. The fourth-order valence-electron chi connectivity index (χ4n) is 2.76. The summed E-state index contributed by atoms with van der Waals surface area (Å²) in [5.74, 6) is -1.52. The lowest BCUT2D eigenvalue weighted by molar-refractivity contribution is -0.140. The Hall–Kier alpha value is -2.44. The minimum absolute atomic E-state index is 0.241. The molecule has 2 atom stereocenters. The third-order valence-corrected chi connectivity index (χ3v) is 5.25. The second-order valence-electron chi connectivity index (χ2n) is 5.80. The normalized spacial score (nSPS) is 23.2. The van der Waals surface area contributed by atoms with Crippen molar-refractivity contribution in [1.29, 1.82) is 0 Å². The molecule has 0 aromatic heterocycles. The molecule has 24 heavy (non-hydrogen) atoms. The fourth-order valence-corrected chi connectivity index (χ4v) is 3.99. The van der Waals surface area contributed by atoms with Gasteiger partial charge in [-0.25, -0.2) is 8.42 Å². The van der Waals surface area contributed by atoms with E-state index in [1.54, 1.807) is 24.3 Å². The number of carbonyl (C=O) groups is 1. The molecule has 1 aliphatic carbocycles. The summed E-state index contributed by atoms with van der Waals surface area (Å²) in [7, 11) is -3.87. The number of hydrogen-bond donors (Lipinski definition) is 2. The van der Waals surface area contributed by atoms with Crippen LogP contribution in [0.1, 0.15) is 23.5 Å². The summed E-state index contributed by atoms with van der Waals surface area (Å²) in [5, 5.41) is 10.5. The summed E-state index contributed by atoms with van der Waals surface area (Å²) < 4.78 is 26.9. The summed E-state index contributed by atoms with van der Waals surface area (Å²) in [6.07, 6.45) is 1.68. The van der Waals surface area contributed by atoms with E-state index in [9.17, 15) is 18.3 Å². The van der Waals surface area contributed by atoms with Crippen LogP contribution < -0.4 is 4.72 Å². The molecule has 124 valence electrons. The van der Waals surface area contributed by atoms with E-state index in [-0.39, 0.29) is 12.3 Å². The van der Waals surface area contributed by atoms with Crippen LogP contribution in [0.5, 0.6) is 0 Å². The number of hydrogen-bond acceptors (Lipinski definition) is 3. The average molecular weight is 343 g/mol. The SMILES string of the molecule is O=C(O)[C@]1(NS(=O)(=O)/C=C/c2ccccc2)C[C@H]1c1ccccc1. The number of carboxylic acids is 1. The molecule has 1 saturated carbocycles. The maximum atomic E-state index is 12.3. The van der Waals surface area contributed by atoms with Crippen LogP contribution in [0.25, 0.3) is 6.08 Å². The van der Waals surface area contributed by atoms with E-state index in [1.165, 1.54) is 6.08 Å². The fraction of sp³-hybridized carbons (Fsp3) is 0.167. The molecule has 2 aromatic rings. The molecule has 0 saturated heterocycles. The van der Waals surface area contributed by atoms with Gasteiger partial charge in [-0.15, -0.1) is 0 Å². The monoisotopic (exact) mass is 343 g/mol. The highest BCUT2D eigenvalue weighted by molar-refractivity contribution is 7.92. The summed E-state index contributed by atoms with van der Waals surface area (Å²) in [6.45, 7) is 0. The van der Waals surface area contributed by atoms with Crippen LogP contribution in [0, 0.1) is 0 Å². The molecule has 0 heterocycles. The van der Waals surface area contributed by atoms with Crippen molar-refractivity contribution in [3.8, 4) is 0 Å². The molecule has 3 rings (SSSR count). The first-order chi connectivity index (χ1) is 11.4. The summed E-state index contributed by atoms with van der Waals surface area (Å²) in [4.78, 5) is 11.7. The van der Waals surface area contributed by atoms with Gasteiger partial charge in [0, 0.05) is 11.3 Å². The van der Waals surface area contributed by atoms with Gasteiger partial charge in [-0.2, -0.15) is 4.72 Å². The molecule has 1 fully saturated rings. The van der Waals surface area contributed by atoms with E-state index < -0.39 is 21.5 Å². The van der Waals surface area contributed by atoms with Crippen molar-refractivity contribution in [1.82, 2.24) is 4.72 Å². The molecule has 2 N–H and O–H groups in total. The summed E-state index contributed by atoms with van der Waals surface area (Å²) in [5.41, 5.74) is 0.0681. The molecule has 0 radical (unpaired) electrons. The van der Waals surface area contributed by atoms with Crippen molar-refractivity contribution in [2.75, 3.05) is 0 Å². The van der Waals surface area contributed by atoms with Gasteiger partial charge < -0.3 is 5.11 Å². The molecule has 6 heteroatoms. The Bertz CT molecular complexity index is 862. The minimum atomic E-state index is -3.87. The van der Waals surface area contributed by atoms with E-state index in [0.717, 1.165) is 16.5 Å². The van der Waals surface area contributed by atoms with Gasteiger partial charge in [0.15, 0.2) is 0 Å². The second kappa shape index (κ2) is 6.22. The van der Waals surface area contributed by atoms with Gasteiger partial charge >= 0.3 is 5.97 Å². The minimum Gasteiger partial charge on any atom is -0.480 e. The quantitative estimate of drug-likeness (QED) is 0.844. The highest BCUT2D eigenvalue weighted by atomic mass is 32.2. The van der Waals surface area contributed by atoms with Crippen molar-refractivity contribution in [2.45, 2.75) is 17.9 Å². The Labute approximate surface area is 140 Å². The number of nitrogens with one attached hydrogen (secondary N) is 1. The number of benzene rings is 2. The number of carboxylic acid groups (broad SMARTS) is 1. The van der Waals surface area contributed by atoms with Crippen LogP contribution in [0.2, 0.25) is 0 Å². The molecule has 2 aromatic carbocycles. The second-order valence-corrected chi connectivity index (χ2v) is 7.37. The lowest BCUT2D eigenvalue weighted by Crippen LogP contribution is -2.43. The van der Waals surface area contributed by atoms with Crippen molar-refractivity contribution in [3.05, 3.63) is 77.2 Å². The first-order valence-electron chi connectivity index (χ1n) is 7.48. The number of rotatable bonds is 6. The molecular weight excluding hydrogens is 326 g/mol. The summed E-state index contributed by atoms with van der Waals surface area (Å²) >= 11 is 0. The van der Waals surface area contributed by atoms with Crippen LogP contribution in [-0.2, 0) is 14.8 Å². The van der Waals surface area contributed by atoms with E-state index in [2.05, 4.69) is 4.72 Å². The topological polar surface area (TPSA) is 83.5 Å². The first-order valence-corrected chi connectivity index (χ1v) is 9.03. The van der Waals surface area contributed by atoms with Crippen molar-refractivity contribution >= 4 is 22.1 Å². The van der Waals surface area contributed by atoms with Gasteiger partial charge in [0.05, 0.1) is 0 Å². The Morgan fingerprint density at radius 2 is 1.67 bits per heavy atom. The molecule has 5 nitrogen and oxygen atoms in total. The van der Waals surface area contributed by atoms with Gasteiger partial charge in [0.2, 0.25) is 10.0 Å². The maximum Gasteiger partial charge on any atom is 0.325 e. The van der Waals surface area contributed by atoms with Gasteiger partial charge in [-0.1, -0.05) is 60.7 Å². The van der Waals surface area contributed by atoms with E-state index in [4.69, 9.17) is 0 Å².